The van der Waals surface area contributed by atoms with Crippen LogP contribution in [0.2, 0.25) is 5.02 Å². The molecule has 0 spiro atoms. The molecule has 2 amide bonds. The van der Waals surface area contributed by atoms with Crippen LogP contribution in [0.4, 0.5) is 4.79 Å². The highest BCUT2D eigenvalue weighted by Crippen LogP contribution is 2.11. The van der Waals surface area contributed by atoms with Crippen molar-refractivity contribution < 1.29 is 14.3 Å². The number of benzene rings is 1. The molecule has 1 aromatic rings. The maximum absolute atomic E-state index is 11.6. The van der Waals surface area contributed by atoms with E-state index in [1.54, 1.807) is 24.0 Å². The molecule has 0 atom stereocenters. The van der Waals surface area contributed by atoms with Crippen LogP contribution in [0.1, 0.15) is 19.4 Å². The fraction of sp³-hybridized carbons (Fsp3) is 0.429. The Morgan fingerprint density at radius 3 is 2.50 bits per heavy atom. The molecule has 110 valence electrons. The first kappa shape index (κ1) is 16.3. The summed E-state index contributed by atoms with van der Waals surface area (Å²) in [6.45, 7) is 4.83. The average Bonchev–Trinajstić information content (AvgIpc) is 2.40. The fourth-order valence-electron chi connectivity index (χ4n) is 1.63. The Bertz CT molecular complexity index is 448. The van der Waals surface area contributed by atoms with Gasteiger partial charge < -0.3 is 15.0 Å². The second-order valence-corrected chi connectivity index (χ2v) is 4.65. The number of alkyl carbamates (subject to hydrolysis) is 1. The number of ether oxygens (including phenoxy) is 1. The quantitative estimate of drug-likeness (QED) is 0.877. The summed E-state index contributed by atoms with van der Waals surface area (Å²) in [6.07, 6.45) is -0.470. The van der Waals surface area contributed by atoms with Crippen molar-refractivity contribution in [2.45, 2.75) is 20.4 Å². The first-order valence-electron chi connectivity index (χ1n) is 6.43. The maximum atomic E-state index is 11.6. The molecule has 20 heavy (non-hydrogen) atoms. The lowest BCUT2D eigenvalue weighted by Gasteiger charge is -2.21. The number of hydrogen-bond acceptors (Lipinski definition) is 3. The van der Waals surface area contributed by atoms with Gasteiger partial charge in [0.2, 0.25) is 5.91 Å². The van der Waals surface area contributed by atoms with Crippen molar-refractivity contribution in [2.75, 3.05) is 19.7 Å². The van der Waals surface area contributed by atoms with E-state index >= 15 is 0 Å². The molecule has 0 bridgehead atoms. The summed E-state index contributed by atoms with van der Waals surface area (Å²) < 4.78 is 4.75. The molecule has 0 aliphatic rings. The average molecular weight is 299 g/mol. The van der Waals surface area contributed by atoms with E-state index < -0.39 is 6.09 Å². The molecule has 6 heteroatoms. The molecular formula is C14H19ClN2O3. The minimum Gasteiger partial charge on any atom is -0.450 e. The third kappa shape index (κ3) is 5.93. The molecule has 0 unspecified atom stereocenters. The van der Waals surface area contributed by atoms with Gasteiger partial charge >= 0.3 is 6.09 Å². The molecule has 1 aromatic carbocycles. The van der Waals surface area contributed by atoms with E-state index in [4.69, 9.17) is 16.3 Å². The lowest BCUT2D eigenvalue weighted by molar-refractivity contribution is -0.129. The predicted octanol–water partition coefficient (Wildman–Crippen LogP) is 2.43. The largest absolute Gasteiger partial charge is 0.450 e. The Kier molecular flexibility index (Phi) is 6.87. The Balaban J connectivity index is 2.46. The summed E-state index contributed by atoms with van der Waals surface area (Å²) in [5, 5.41) is 3.25. The van der Waals surface area contributed by atoms with Crippen LogP contribution in [-0.4, -0.2) is 36.6 Å². The fourth-order valence-corrected chi connectivity index (χ4v) is 1.76. The topological polar surface area (TPSA) is 58.6 Å². The molecule has 0 heterocycles. The molecule has 0 radical (unpaired) electrons. The van der Waals surface area contributed by atoms with Gasteiger partial charge in [0.05, 0.1) is 6.61 Å². The van der Waals surface area contributed by atoms with Crippen molar-refractivity contribution in [3.05, 3.63) is 34.9 Å². The van der Waals surface area contributed by atoms with Crippen LogP contribution in [0, 0.1) is 0 Å². The number of amides is 2. The van der Waals surface area contributed by atoms with E-state index in [0.29, 0.717) is 31.3 Å². The normalized spacial score (nSPS) is 9.95. The number of halogens is 1. The highest BCUT2D eigenvalue weighted by molar-refractivity contribution is 6.30. The zero-order valence-electron chi connectivity index (χ0n) is 11.7. The second kappa shape index (κ2) is 8.43. The van der Waals surface area contributed by atoms with Crippen molar-refractivity contribution in [3.63, 3.8) is 0 Å². The highest BCUT2D eigenvalue weighted by Gasteiger charge is 2.10. The van der Waals surface area contributed by atoms with Gasteiger partial charge in [0.15, 0.2) is 0 Å². The van der Waals surface area contributed by atoms with E-state index in [1.807, 2.05) is 12.1 Å². The second-order valence-electron chi connectivity index (χ2n) is 4.21. The molecular weight excluding hydrogens is 280 g/mol. The summed E-state index contributed by atoms with van der Waals surface area (Å²) in [4.78, 5) is 24.4. The van der Waals surface area contributed by atoms with Crippen LogP contribution in [0.3, 0.4) is 0 Å². The monoisotopic (exact) mass is 298 g/mol. The van der Waals surface area contributed by atoms with Crippen molar-refractivity contribution in [1.29, 1.82) is 0 Å². The zero-order valence-corrected chi connectivity index (χ0v) is 12.4. The number of nitrogens with zero attached hydrogens (tertiary/aromatic N) is 1. The van der Waals surface area contributed by atoms with Crippen LogP contribution >= 0.6 is 11.6 Å². The van der Waals surface area contributed by atoms with Gasteiger partial charge in [0.1, 0.15) is 0 Å². The number of carbonyl (C=O) groups is 2. The van der Waals surface area contributed by atoms with Crippen molar-refractivity contribution >= 4 is 23.6 Å². The molecule has 0 aromatic heterocycles. The minimum atomic E-state index is -0.470. The molecule has 0 fully saturated rings. The van der Waals surface area contributed by atoms with Crippen LogP contribution in [0.5, 0.6) is 0 Å². The number of carbonyl (C=O) groups excluding carboxylic acids is 2. The van der Waals surface area contributed by atoms with Gasteiger partial charge in [-0.3, -0.25) is 4.79 Å². The van der Waals surface area contributed by atoms with E-state index in [2.05, 4.69) is 5.32 Å². The van der Waals surface area contributed by atoms with Crippen LogP contribution in [-0.2, 0) is 16.1 Å². The van der Waals surface area contributed by atoms with Gasteiger partial charge in [-0.2, -0.15) is 0 Å². The van der Waals surface area contributed by atoms with Crippen LogP contribution in [0.25, 0.3) is 0 Å². The molecule has 0 saturated carbocycles. The van der Waals surface area contributed by atoms with Crippen molar-refractivity contribution in [3.8, 4) is 0 Å². The van der Waals surface area contributed by atoms with E-state index in [9.17, 15) is 9.59 Å². The summed E-state index contributed by atoms with van der Waals surface area (Å²) in [7, 11) is 0. The number of nitrogens with one attached hydrogen (secondary N) is 1. The third-order valence-corrected chi connectivity index (χ3v) is 2.91. The lowest BCUT2D eigenvalue weighted by atomic mass is 10.2. The summed E-state index contributed by atoms with van der Waals surface area (Å²) in [5.41, 5.74) is 0.987. The summed E-state index contributed by atoms with van der Waals surface area (Å²) in [6, 6.07) is 7.31. The van der Waals surface area contributed by atoms with Gasteiger partial charge in [-0.1, -0.05) is 23.7 Å². The zero-order chi connectivity index (χ0) is 15.0. The van der Waals surface area contributed by atoms with Crippen LogP contribution in [0.15, 0.2) is 24.3 Å². The molecule has 1 rings (SSSR count). The van der Waals surface area contributed by atoms with Gasteiger partial charge in [-0.05, 0) is 24.6 Å². The first-order chi connectivity index (χ1) is 9.52. The van der Waals surface area contributed by atoms with E-state index in [-0.39, 0.29) is 5.91 Å². The molecule has 0 aliphatic carbocycles. The first-order valence-corrected chi connectivity index (χ1v) is 6.81. The molecule has 0 aliphatic heterocycles. The summed E-state index contributed by atoms with van der Waals surface area (Å²) >= 11 is 5.82. The minimum absolute atomic E-state index is 0.0504. The smallest absolute Gasteiger partial charge is 0.407 e. The Labute approximate surface area is 123 Å². The lowest BCUT2D eigenvalue weighted by Crippen LogP contribution is -2.37. The number of hydrogen-bond donors (Lipinski definition) is 1. The maximum Gasteiger partial charge on any atom is 0.407 e. The van der Waals surface area contributed by atoms with Gasteiger partial charge in [-0.15, -0.1) is 0 Å². The predicted molar refractivity (Wildman–Crippen MR) is 77.6 cm³/mol. The third-order valence-electron chi connectivity index (χ3n) is 2.66. The summed E-state index contributed by atoms with van der Waals surface area (Å²) in [5.74, 6) is -0.0504. The van der Waals surface area contributed by atoms with Crippen LogP contribution < -0.4 is 5.32 Å². The standard InChI is InChI=1S/C14H19ClN2O3/c1-3-20-14(19)16-8-9-17(11(2)18)10-12-4-6-13(15)7-5-12/h4-7H,3,8-10H2,1-2H3,(H,16,19). The van der Waals surface area contributed by atoms with E-state index in [1.165, 1.54) is 6.92 Å². The Morgan fingerprint density at radius 1 is 1.30 bits per heavy atom. The van der Waals surface area contributed by atoms with E-state index in [0.717, 1.165) is 5.56 Å². The Hall–Kier alpha value is -1.75. The van der Waals surface area contributed by atoms with Gasteiger partial charge in [0.25, 0.3) is 0 Å². The molecule has 5 nitrogen and oxygen atoms in total. The SMILES string of the molecule is CCOC(=O)NCCN(Cc1ccc(Cl)cc1)C(C)=O. The van der Waals surface area contributed by atoms with Gasteiger partial charge in [-0.25, -0.2) is 4.79 Å². The Morgan fingerprint density at radius 2 is 1.95 bits per heavy atom. The molecule has 0 saturated heterocycles. The van der Waals surface area contributed by atoms with Crippen molar-refractivity contribution in [1.82, 2.24) is 10.2 Å². The highest BCUT2D eigenvalue weighted by atomic mass is 35.5. The number of rotatable bonds is 6. The molecule has 1 N–H and O–H groups in total. The van der Waals surface area contributed by atoms with Crippen molar-refractivity contribution in [2.24, 2.45) is 0 Å². The van der Waals surface area contributed by atoms with Gasteiger partial charge in [0, 0.05) is 31.6 Å².